The number of nitrogens with zero attached hydrogens (tertiary/aromatic N) is 1. The molecule has 0 spiro atoms. The van der Waals surface area contributed by atoms with E-state index in [1.54, 1.807) is 0 Å². The van der Waals surface area contributed by atoms with Gasteiger partial charge in [0.15, 0.2) is 0 Å². The molecule has 0 saturated carbocycles. The number of hydrogen-bond acceptors (Lipinski definition) is 7. The van der Waals surface area contributed by atoms with E-state index in [-0.39, 0.29) is 0 Å². The van der Waals surface area contributed by atoms with Gasteiger partial charge in [0.25, 0.3) is 0 Å². The Morgan fingerprint density at radius 1 is 0.714 bits per heavy atom. The second kappa shape index (κ2) is 14.6. The first-order chi connectivity index (χ1) is 10.4. The van der Waals surface area contributed by atoms with Crippen molar-refractivity contribution in [1.82, 2.24) is 4.90 Å². The second-order valence-electron chi connectivity index (χ2n) is 4.69. The summed E-state index contributed by atoms with van der Waals surface area (Å²) in [5.41, 5.74) is 5.40. The van der Waals surface area contributed by atoms with Crippen molar-refractivity contribution in [3.8, 4) is 0 Å². The summed E-state index contributed by atoms with van der Waals surface area (Å²) in [6, 6.07) is 0. The molecule has 21 heavy (non-hydrogen) atoms. The second-order valence-corrected chi connectivity index (χ2v) is 4.69. The van der Waals surface area contributed by atoms with Gasteiger partial charge in [-0.25, -0.2) is 0 Å². The Morgan fingerprint density at radius 2 is 1.19 bits per heavy atom. The summed E-state index contributed by atoms with van der Waals surface area (Å²) in [6.45, 7) is 9.50. The van der Waals surface area contributed by atoms with E-state index in [1.807, 2.05) is 0 Å². The fourth-order valence-corrected chi connectivity index (χ4v) is 1.86. The van der Waals surface area contributed by atoms with Crippen molar-refractivity contribution in [1.29, 1.82) is 0 Å². The van der Waals surface area contributed by atoms with E-state index in [1.165, 1.54) is 0 Å². The average molecular weight is 306 g/mol. The third-order valence-corrected chi connectivity index (χ3v) is 3.03. The van der Waals surface area contributed by atoms with E-state index in [2.05, 4.69) is 4.90 Å². The van der Waals surface area contributed by atoms with E-state index in [4.69, 9.17) is 29.4 Å². The summed E-state index contributed by atoms with van der Waals surface area (Å²) in [6.07, 6.45) is 0. The molecule has 0 aromatic heterocycles. The van der Waals surface area contributed by atoms with Crippen LogP contribution in [-0.2, 0) is 23.7 Å². The van der Waals surface area contributed by atoms with Crippen molar-refractivity contribution in [2.24, 2.45) is 5.73 Å². The van der Waals surface area contributed by atoms with Gasteiger partial charge in [-0.1, -0.05) is 0 Å². The van der Waals surface area contributed by atoms with Gasteiger partial charge in [-0.2, -0.15) is 0 Å². The van der Waals surface area contributed by atoms with Gasteiger partial charge in [0.05, 0.1) is 66.1 Å². The summed E-state index contributed by atoms with van der Waals surface area (Å²) in [5.74, 6) is 0. The van der Waals surface area contributed by atoms with Crippen molar-refractivity contribution < 1.29 is 23.7 Å². The lowest BCUT2D eigenvalue weighted by Crippen LogP contribution is -2.34. The third kappa shape index (κ3) is 12.0. The Kier molecular flexibility index (Phi) is 13.1. The van der Waals surface area contributed by atoms with Crippen molar-refractivity contribution in [2.75, 3.05) is 92.2 Å². The zero-order valence-electron chi connectivity index (χ0n) is 13.0. The molecule has 0 radical (unpaired) electrons. The summed E-state index contributed by atoms with van der Waals surface area (Å²) >= 11 is 0. The molecule has 0 aliphatic carbocycles. The quantitative estimate of drug-likeness (QED) is 0.676. The van der Waals surface area contributed by atoms with Crippen LogP contribution in [0.15, 0.2) is 0 Å². The molecule has 1 aliphatic heterocycles. The SMILES string of the molecule is NCCOCCN1CCOCCOCCOCCOCC1. The first-order valence-corrected chi connectivity index (χ1v) is 7.74. The lowest BCUT2D eigenvalue weighted by atomic mass is 10.4. The Morgan fingerprint density at radius 3 is 1.67 bits per heavy atom. The standard InChI is InChI=1S/C14H30N2O5/c15-1-5-17-6-2-16-3-7-18-9-11-20-13-14-21-12-10-19-8-4-16/h1-15H2. The normalized spacial score (nSPS) is 21.6. The minimum absolute atomic E-state index is 0.562. The lowest BCUT2D eigenvalue weighted by molar-refractivity contribution is 0.00206. The zero-order valence-corrected chi connectivity index (χ0v) is 13.0. The van der Waals surface area contributed by atoms with Crippen LogP contribution in [0, 0.1) is 0 Å². The van der Waals surface area contributed by atoms with Crippen LogP contribution in [0.5, 0.6) is 0 Å². The summed E-state index contributed by atoms with van der Waals surface area (Å²) in [5, 5.41) is 0. The van der Waals surface area contributed by atoms with E-state index >= 15 is 0 Å². The molecular formula is C14H30N2O5. The highest BCUT2D eigenvalue weighted by Gasteiger charge is 2.05. The van der Waals surface area contributed by atoms with Crippen molar-refractivity contribution in [3.63, 3.8) is 0 Å². The molecule has 0 bridgehead atoms. The van der Waals surface area contributed by atoms with Crippen LogP contribution >= 0.6 is 0 Å². The highest BCUT2D eigenvalue weighted by atomic mass is 16.6. The molecule has 0 amide bonds. The van der Waals surface area contributed by atoms with E-state index in [9.17, 15) is 0 Å². The van der Waals surface area contributed by atoms with E-state index in [0.29, 0.717) is 72.6 Å². The van der Waals surface area contributed by atoms with Crippen LogP contribution < -0.4 is 5.73 Å². The largest absolute Gasteiger partial charge is 0.379 e. The molecule has 7 heteroatoms. The fourth-order valence-electron chi connectivity index (χ4n) is 1.86. The van der Waals surface area contributed by atoms with Crippen LogP contribution in [-0.4, -0.2) is 97.1 Å². The summed E-state index contributed by atoms with van der Waals surface area (Å²) in [4.78, 5) is 2.28. The first-order valence-electron chi connectivity index (χ1n) is 7.74. The lowest BCUT2D eigenvalue weighted by Gasteiger charge is -2.22. The van der Waals surface area contributed by atoms with Gasteiger partial charge < -0.3 is 29.4 Å². The van der Waals surface area contributed by atoms with Gasteiger partial charge >= 0.3 is 0 Å². The smallest absolute Gasteiger partial charge is 0.0701 e. The molecule has 0 aromatic carbocycles. The Labute approximate surface area is 127 Å². The maximum atomic E-state index is 5.56. The van der Waals surface area contributed by atoms with Crippen LogP contribution in [0.4, 0.5) is 0 Å². The monoisotopic (exact) mass is 306 g/mol. The van der Waals surface area contributed by atoms with Crippen molar-refractivity contribution in [3.05, 3.63) is 0 Å². The maximum absolute atomic E-state index is 5.56. The Bertz CT molecular complexity index is 206. The van der Waals surface area contributed by atoms with E-state index in [0.717, 1.165) is 19.6 Å². The number of rotatable bonds is 5. The van der Waals surface area contributed by atoms with Gasteiger partial charge in [-0.05, 0) is 0 Å². The fraction of sp³-hybridized carbons (Fsp3) is 1.00. The van der Waals surface area contributed by atoms with Crippen LogP contribution in [0.3, 0.4) is 0 Å². The molecule has 2 N–H and O–H groups in total. The molecular weight excluding hydrogens is 276 g/mol. The van der Waals surface area contributed by atoms with Gasteiger partial charge in [-0.3, -0.25) is 4.90 Å². The molecule has 1 fully saturated rings. The minimum atomic E-state index is 0.562. The third-order valence-electron chi connectivity index (χ3n) is 3.03. The van der Waals surface area contributed by atoms with Crippen molar-refractivity contribution in [2.45, 2.75) is 0 Å². The Balaban J connectivity index is 2.20. The van der Waals surface area contributed by atoms with Crippen LogP contribution in [0.2, 0.25) is 0 Å². The molecule has 7 nitrogen and oxygen atoms in total. The predicted molar refractivity (Wildman–Crippen MR) is 79.6 cm³/mol. The summed E-state index contributed by atoms with van der Waals surface area (Å²) < 4.78 is 27.3. The average Bonchev–Trinajstić information content (AvgIpc) is 2.51. The highest BCUT2D eigenvalue weighted by Crippen LogP contribution is 1.92. The molecule has 1 saturated heterocycles. The minimum Gasteiger partial charge on any atom is -0.379 e. The predicted octanol–water partition coefficient (Wildman–Crippen LogP) is -0.656. The molecule has 126 valence electrons. The van der Waals surface area contributed by atoms with Gasteiger partial charge in [0.1, 0.15) is 0 Å². The molecule has 0 atom stereocenters. The van der Waals surface area contributed by atoms with Gasteiger partial charge in [0, 0.05) is 26.2 Å². The number of nitrogens with two attached hydrogens (primary N) is 1. The molecule has 1 rings (SSSR count). The zero-order chi connectivity index (χ0) is 15.0. The van der Waals surface area contributed by atoms with Crippen molar-refractivity contribution >= 4 is 0 Å². The summed E-state index contributed by atoms with van der Waals surface area (Å²) in [7, 11) is 0. The van der Waals surface area contributed by atoms with Crippen LogP contribution in [0.1, 0.15) is 0 Å². The van der Waals surface area contributed by atoms with Crippen LogP contribution in [0.25, 0.3) is 0 Å². The molecule has 0 unspecified atom stereocenters. The topological polar surface area (TPSA) is 75.4 Å². The molecule has 1 heterocycles. The number of ether oxygens (including phenoxy) is 5. The maximum Gasteiger partial charge on any atom is 0.0701 e. The van der Waals surface area contributed by atoms with Gasteiger partial charge in [0.2, 0.25) is 0 Å². The highest BCUT2D eigenvalue weighted by molar-refractivity contribution is 4.57. The van der Waals surface area contributed by atoms with E-state index < -0.39 is 0 Å². The molecule has 1 aliphatic rings. The Hall–Kier alpha value is -0.280. The van der Waals surface area contributed by atoms with Gasteiger partial charge in [-0.15, -0.1) is 0 Å². The molecule has 0 aromatic rings. The first kappa shape index (κ1) is 18.8. The number of hydrogen-bond donors (Lipinski definition) is 1.